The van der Waals surface area contributed by atoms with Crippen LogP contribution in [0.5, 0.6) is 0 Å². The maximum absolute atomic E-state index is 12.6. The van der Waals surface area contributed by atoms with Crippen molar-refractivity contribution in [3.8, 4) is 0 Å². The van der Waals surface area contributed by atoms with Crippen molar-refractivity contribution in [2.45, 2.75) is 25.8 Å². The Morgan fingerprint density at radius 3 is 2.52 bits per heavy atom. The second-order valence-electron chi connectivity index (χ2n) is 7.36. The number of hydrogen-bond donors (Lipinski definition) is 1. The number of fused-ring (bicyclic) bond motifs is 1. The van der Waals surface area contributed by atoms with Crippen LogP contribution in [0.4, 0.5) is 0 Å². The summed E-state index contributed by atoms with van der Waals surface area (Å²) >= 11 is 0. The number of nitrogens with zero attached hydrogens (tertiary/aromatic N) is 4. The van der Waals surface area contributed by atoms with Gasteiger partial charge in [-0.05, 0) is 48.9 Å². The van der Waals surface area contributed by atoms with E-state index in [1.54, 1.807) is 41.4 Å². The van der Waals surface area contributed by atoms with Crippen LogP contribution in [0.15, 0.2) is 53.5 Å². The van der Waals surface area contributed by atoms with E-state index >= 15 is 0 Å². The van der Waals surface area contributed by atoms with Gasteiger partial charge in [0, 0.05) is 19.3 Å². The van der Waals surface area contributed by atoms with Gasteiger partial charge in [0.05, 0.1) is 5.56 Å². The summed E-state index contributed by atoms with van der Waals surface area (Å²) in [7, 11) is 0. The van der Waals surface area contributed by atoms with Crippen molar-refractivity contribution in [1.82, 2.24) is 19.1 Å². The van der Waals surface area contributed by atoms with Crippen LogP contribution in [-0.2, 0) is 17.8 Å². The highest BCUT2D eigenvalue weighted by Gasteiger charge is 2.25. The monoisotopic (exact) mass is 394 g/mol. The number of benzene rings is 1. The second kappa shape index (κ2) is 7.90. The van der Waals surface area contributed by atoms with E-state index in [2.05, 4.69) is 5.10 Å². The molecule has 0 atom stereocenters. The fraction of sp³-hybridized carbons (Fsp3) is 0.333. The normalized spacial score (nSPS) is 15.0. The van der Waals surface area contributed by atoms with E-state index in [1.165, 1.54) is 9.08 Å². The molecule has 1 amide bonds. The fourth-order valence-corrected chi connectivity index (χ4v) is 3.90. The zero-order valence-corrected chi connectivity index (χ0v) is 15.9. The molecule has 1 N–H and O–H groups in total. The summed E-state index contributed by atoms with van der Waals surface area (Å²) in [5, 5.41) is 13.5. The summed E-state index contributed by atoms with van der Waals surface area (Å²) < 4.78 is 2.62. The Labute approximate surface area is 167 Å². The largest absolute Gasteiger partial charge is 0.478 e. The highest BCUT2D eigenvalue weighted by molar-refractivity contribution is 5.89. The maximum Gasteiger partial charge on any atom is 0.350 e. The quantitative estimate of drug-likeness (QED) is 0.710. The first-order chi connectivity index (χ1) is 14.0. The number of hydrogen-bond acceptors (Lipinski definition) is 4. The third kappa shape index (κ3) is 3.91. The van der Waals surface area contributed by atoms with Gasteiger partial charge in [-0.1, -0.05) is 24.3 Å². The van der Waals surface area contributed by atoms with Crippen molar-refractivity contribution in [3.05, 3.63) is 70.3 Å². The Kier molecular flexibility index (Phi) is 5.16. The summed E-state index contributed by atoms with van der Waals surface area (Å²) in [6.07, 6.45) is 3.93. The predicted molar refractivity (Wildman–Crippen MR) is 106 cm³/mol. The smallest absolute Gasteiger partial charge is 0.350 e. The first-order valence-electron chi connectivity index (χ1n) is 9.66. The van der Waals surface area contributed by atoms with Gasteiger partial charge in [-0.15, -0.1) is 5.10 Å². The minimum Gasteiger partial charge on any atom is -0.478 e. The van der Waals surface area contributed by atoms with Gasteiger partial charge in [-0.3, -0.25) is 9.20 Å². The van der Waals surface area contributed by atoms with E-state index < -0.39 is 5.97 Å². The van der Waals surface area contributed by atoms with E-state index in [0.29, 0.717) is 36.6 Å². The molecule has 29 heavy (non-hydrogen) atoms. The van der Waals surface area contributed by atoms with Crippen LogP contribution < -0.4 is 5.69 Å². The second-order valence-corrected chi connectivity index (χ2v) is 7.36. The average Bonchev–Trinajstić information content (AvgIpc) is 3.04. The third-order valence-corrected chi connectivity index (χ3v) is 5.50. The number of pyridine rings is 1. The number of rotatable bonds is 5. The molecule has 3 heterocycles. The minimum atomic E-state index is -0.911. The van der Waals surface area contributed by atoms with E-state index in [4.69, 9.17) is 0 Å². The third-order valence-electron chi connectivity index (χ3n) is 5.50. The number of piperidine rings is 1. The molecule has 1 aliphatic rings. The minimum absolute atomic E-state index is 0.0764. The van der Waals surface area contributed by atoms with Crippen LogP contribution in [0, 0.1) is 5.92 Å². The van der Waals surface area contributed by atoms with Crippen LogP contribution in [0.25, 0.3) is 5.65 Å². The molecule has 8 nitrogen and oxygen atoms in total. The standard InChI is InChI=1S/C21H22N4O4/c26-19(14-25-21(29)24-10-4-3-7-18(24)22-25)23-11-8-15(9-12-23)13-16-5-1-2-6-17(16)20(27)28/h1-7,10,15H,8-9,11-14H2,(H,27,28). The van der Waals surface area contributed by atoms with Crippen molar-refractivity contribution >= 4 is 17.5 Å². The lowest BCUT2D eigenvalue weighted by Crippen LogP contribution is -2.42. The molecule has 0 bridgehead atoms. The molecule has 1 fully saturated rings. The lowest BCUT2D eigenvalue weighted by atomic mass is 9.88. The number of amides is 1. The molecule has 3 aromatic rings. The first-order valence-corrected chi connectivity index (χ1v) is 9.66. The van der Waals surface area contributed by atoms with E-state index in [9.17, 15) is 19.5 Å². The van der Waals surface area contributed by atoms with Gasteiger partial charge in [-0.25, -0.2) is 14.3 Å². The highest BCUT2D eigenvalue weighted by Crippen LogP contribution is 2.23. The molecule has 1 aromatic carbocycles. The maximum atomic E-state index is 12.6. The van der Waals surface area contributed by atoms with Crippen molar-refractivity contribution < 1.29 is 14.7 Å². The molecule has 0 unspecified atom stereocenters. The molecule has 1 saturated heterocycles. The van der Waals surface area contributed by atoms with E-state index in [-0.39, 0.29) is 18.1 Å². The van der Waals surface area contributed by atoms with Crippen LogP contribution in [0.3, 0.4) is 0 Å². The number of carbonyl (C=O) groups excluding carboxylic acids is 1. The van der Waals surface area contributed by atoms with Gasteiger partial charge in [0.2, 0.25) is 5.91 Å². The van der Waals surface area contributed by atoms with Gasteiger partial charge in [-0.2, -0.15) is 0 Å². The van der Waals surface area contributed by atoms with Crippen molar-refractivity contribution in [3.63, 3.8) is 0 Å². The number of aromatic nitrogens is 3. The number of carboxylic acid groups (broad SMARTS) is 1. The van der Waals surface area contributed by atoms with Crippen LogP contribution in [0.1, 0.15) is 28.8 Å². The molecular formula is C21H22N4O4. The van der Waals surface area contributed by atoms with Gasteiger partial charge in [0.25, 0.3) is 0 Å². The predicted octanol–water partition coefficient (Wildman–Crippen LogP) is 1.68. The summed E-state index contributed by atoms with van der Waals surface area (Å²) in [6.45, 7) is 1.12. The van der Waals surface area contributed by atoms with Crippen LogP contribution in [0.2, 0.25) is 0 Å². The molecule has 0 radical (unpaired) electrons. The number of carbonyl (C=O) groups is 2. The molecular weight excluding hydrogens is 372 g/mol. The van der Waals surface area contributed by atoms with Gasteiger partial charge >= 0.3 is 11.7 Å². The number of likely N-dealkylation sites (tertiary alicyclic amines) is 1. The van der Waals surface area contributed by atoms with E-state index in [0.717, 1.165) is 18.4 Å². The Morgan fingerprint density at radius 1 is 1.07 bits per heavy atom. The van der Waals surface area contributed by atoms with Crippen LogP contribution >= 0.6 is 0 Å². The zero-order chi connectivity index (χ0) is 20.4. The lowest BCUT2D eigenvalue weighted by molar-refractivity contribution is -0.133. The lowest BCUT2D eigenvalue weighted by Gasteiger charge is -2.32. The van der Waals surface area contributed by atoms with Crippen molar-refractivity contribution in [2.75, 3.05) is 13.1 Å². The topological polar surface area (TPSA) is 96.9 Å². The Hall–Kier alpha value is -3.42. The summed E-state index contributed by atoms with van der Waals surface area (Å²) in [5.74, 6) is -0.705. The first kappa shape index (κ1) is 18.9. The Balaban J connectivity index is 1.37. The average molecular weight is 394 g/mol. The molecule has 0 spiro atoms. The summed E-state index contributed by atoms with van der Waals surface area (Å²) in [6, 6.07) is 12.3. The molecule has 0 aliphatic carbocycles. The molecule has 8 heteroatoms. The SMILES string of the molecule is O=C(O)c1ccccc1CC1CCN(C(=O)Cn2nc3ccccn3c2=O)CC1. The summed E-state index contributed by atoms with van der Waals surface area (Å²) in [4.78, 5) is 38.1. The molecule has 0 saturated carbocycles. The molecule has 2 aromatic heterocycles. The Bertz CT molecular complexity index is 1110. The van der Waals surface area contributed by atoms with Crippen molar-refractivity contribution in [2.24, 2.45) is 5.92 Å². The number of aromatic carboxylic acids is 1. The van der Waals surface area contributed by atoms with E-state index in [1.807, 2.05) is 12.1 Å². The molecule has 150 valence electrons. The summed E-state index contributed by atoms with van der Waals surface area (Å²) in [5.41, 5.74) is 1.37. The fourth-order valence-electron chi connectivity index (χ4n) is 3.90. The van der Waals surface area contributed by atoms with Gasteiger partial charge in [0.1, 0.15) is 6.54 Å². The molecule has 4 rings (SSSR count). The van der Waals surface area contributed by atoms with Gasteiger partial charge < -0.3 is 10.0 Å². The molecule has 1 aliphatic heterocycles. The van der Waals surface area contributed by atoms with Gasteiger partial charge in [0.15, 0.2) is 5.65 Å². The zero-order valence-electron chi connectivity index (χ0n) is 15.9. The van der Waals surface area contributed by atoms with Crippen molar-refractivity contribution in [1.29, 1.82) is 0 Å². The van der Waals surface area contributed by atoms with Crippen LogP contribution in [-0.4, -0.2) is 49.2 Å². The highest BCUT2D eigenvalue weighted by atomic mass is 16.4. The number of carboxylic acids is 1. The Morgan fingerprint density at radius 2 is 1.79 bits per heavy atom.